The molecule has 0 radical (unpaired) electrons. The van der Waals surface area contributed by atoms with E-state index in [0.717, 1.165) is 13.5 Å². The summed E-state index contributed by atoms with van der Waals surface area (Å²) in [7, 11) is 1.00. The molecule has 1 nitrogen and oxygen atoms in total. The van der Waals surface area contributed by atoms with E-state index in [0.29, 0.717) is 0 Å². The first-order valence-corrected chi connectivity index (χ1v) is 5.49. The van der Waals surface area contributed by atoms with Gasteiger partial charge in [0.2, 0.25) is 0 Å². The lowest BCUT2D eigenvalue weighted by atomic mass is 10.2. The van der Waals surface area contributed by atoms with Gasteiger partial charge in [-0.3, -0.25) is 0 Å². The van der Waals surface area contributed by atoms with Crippen LogP contribution in [0.2, 0.25) is 0 Å². The Bertz CT molecular complexity index is 328. The summed E-state index contributed by atoms with van der Waals surface area (Å²) in [5.74, 6) is 2.51. The van der Waals surface area contributed by atoms with Gasteiger partial charge in [-0.15, -0.1) is 12.3 Å². The van der Waals surface area contributed by atoms with E-state index in [-0.39, 0.29) is 7.43 Å². The molecule has 0 amide bonds. The highest BCUT2D eigenvalue weighted by Crippen LogP contribution is 1.92. The molecule has 0 aliphatic rings. The van der Waals surface area contributed by atoms with Crippen LogP contribution in [0.5, 0.6) is 0 Å². The van der Waals surface area contributed by atoms with Gasteiger partial charge in [0.1, 0.15) is 0 Å². The monoisotopic (exact) mass is 246 g/mol. The molecular weight excluding hydrogens is 220 g/mol. The van der Waals surface area contributed by atoms with E-state index >= 15 is 0 Å². The fraction of sp³-hybridized carbons (Fsp3) is 0.294. The maximum Gasteiger partial charge on any atom is 0.0319 e. The Kier molecular flexibility index (Phi) is 24.6. The first-order valence-electron chi connectivity index (χ1n) is 5.49. The first-order chi connectivity index (χ1) is 8.31. The van der Waals surface area contributed by atoms with Crippen molar-refractivity contribution in [2.24, 2.45) is 0 Å². The first kappa shape index (κ1) is 21.5. The molecule has 100 valence electrons. The van der Waals surface area contributed by atoms with E-state index in [1.54, 1.807) is 0 Å². The molecule has 0 aliphatic carbocycles. The average molecular weight is 246 g/mol. The summed E-state index contributed by atoms with van der Waals surface area (Å²) < 4.78 is 0. The normalized spacial score (nSPS) is 8.39. The van der Waals surface area contributed by atoms with Crippen LogP contribution in [-0.2, 0) is 0 Å². The number of hydrogen-bond donors (Lipinski definition) is 1. The number of aryl methyl sites for hydroxylation is 1. The van der Waals surface area contributed by atoms with Crippen LogP contribution in [0.1, 0.15) is 26.3 Å². The third-order valence-electron chi connectivity index (χ3n) is 1.62. The van der Waals surface area contributed by atoms with E-state index in [4.69, 9.17) is 11.5 Å². The van der Waals surface area contributed by atoms with Gasteiger partial charge in [-0.25, -0.2) is 0 Å². The zero-order valence-corrected chi connectivity index (χ0v) is 10.9. The van der Waals surface area contributed by atoms with Crippen LogP contribution in [0.4, 0.5) is 0 Å². The molecule has 0 saturated carbocycles. The largest absolute Gasteiger partial charge is 0.400 e. The topological polar surface area (TPSA) is 20.2 Å². The molecule has 0 spiro atoms. The quantitative estimate of drug-likeness (QED) is 0.606. The molecule has 0 fully saturated rings. The van der Waals surface area contributed by atoms with Crippen molar-refractivity contribution >= 4 is 0 Å². The average Bonchev–Trinajstić information content (AvgIpc) is 2.39. The van der Waals surface area contributed by atoms with Gasteiger partial charge in [-0.2, -0.15) is 0 Å². The third kappa shape index (κ3) is 19.7. The Hall–Kier alpha value is -1.78. The summed E-state index contributed by atoms with van der Waals surface area (Å²) in [6.45, 7) is 4.06. The van der Waals surface area contributed by atoms with Crippen LogP contribution < -0.4 is 0 Å². The van der Waals surface area contributed by atoms with Crippen molar-refractivity contribution < 1.29 is 5.11 Å². The minimum absolute atomic E-state index is 0. The molecule has 0 aromatic heterocycles. The lowest BCUT2D eigenvalue weighted by Crippen LogP contribution is -1.62. The van der Waals surface area contributed by atoms with Crippen molar-refractivity contribution in [2.75, 3.05) is 7.11 Å². The molecule has 0 atom stereocenters. The van der Waals surface area contributed by atoms with Crippen LogP contribution in [-0.4, -0.2) is 12.2 Å². The maximum atomic E-state index is 7.00. The number of terminal acetylenes is 1. The Labute approximate surface area is 113 Å². The fourth-order valence-corrected chi connectivity index (χ4v) is 0.860. The van der Waals surface area contributed by atoms with Crippen molar-refractivity contribution in [2.45, 2.75) is 27.7 Å². The fourth-order valence-electron chi connectivity index (χ4n) is 0.860. The Morgan fingerprint density at radius 3 is 2.06 bits per heavy atom. The van der Waals surface area contributed by atoms with Crippen LogP contribution in [0.3, 0.4) is 0 Å². The van der Waals surface area contributed by atoms with Gasteiger partial charge in [0.15, 0.2) is 0 Å². The van der Waals surface area contributed by atoms with Gasteiger partial charge in [0.25, 0.3) is 0 Å². The van der Waals surface area contributed by atoms with Crippen molar-refractivity contribution in [1.82, 2.24) is 0 Å². The molecule has 18 heavy (non-hydrogen) atoms. The molecule has 0 saturated heterocycles. The minimum atomic E-state index is 0. The van der Waals surface area contributed by atoms with Crippen LogP contribution >= 0.6 is 0 Å². The number of rotatable bonds is 2. The predicted octanol–water partition coefficient (Wildman–Crippen LogP) is 4.38. The SMILES string of the molecule is C.C#CC/C=C\C=C/C.CO.Cc1ccccc1. The molecule has 1 aromatic rings. The number of hydrogen-bond acceptors (Lipinski definition) is 1. The van der Waals surface area contributed by atoms with Gasteiger partial charge in [0.05, 0.1) is 0 Å². The Morgan fingerprint density at radius 2 is 1.72 bits per heavy atom. The zero-order valence-electron chi connectivity index (χ0n) is 10.9. The van der Waals surface area contributed by atoms with Crippen LogP contribution in [0.25, 0.3) is 0 Å². The minimum Gasteiger partial charge on any atom is -0.400 e. The maximum absolute atomic E-state index is 7.00. The van der Waals surface area contributed by atoms with E-state index in [9.17, 15) is 0 Å². The third-order valence-corrected chi connectivity index (χ3v) is 1.62. The van der Waals surface area contributed by atoms with E-state index in [1.165, 1.54) is 5.56 Å². The predicted molar refractivity (Wildman–Crippen MR) is 83.5 cm³/mol. The molecule has 0 heterocycles. The highest BCUT2D eigenvalue weighted by Gasteiger charge is 1.72. The molecule has 0 bridgehead atoms. The summed E-state index contributed by atoms with van der Waals surface area (Å²) in [4.78, 5) is 0. The van der Waals surface area contributed by atoms with Gasteiger partial charge < -0.3 is 5.11 Å². The Morgan fingerprint density at radius 1 is 1.17 bits per heavy atom. The molecule has 1 rings (SSSR count). The highest BCUT2D eigenvalue weighted by molar-refractivity contribution is 5.11. The van der Waals surface area contributed by atoms with Gasteiger partial charge in [0, 0.05) is 13.5 Å². The smallest absolute Gasteiger partial charge is 0.0319 e. The summed E-state index contributed by atoms with van der Waals surface area (Å²) in [5.41, 5.74) is 1.32. The number of allylic oxidation sites excluding steroid dienone is 4. The van der Waals surface area contributed by atoms with Crippen molar-refractivity contribution in [1.29, 1.82) is 0 Å². The van der Waals surface area contributed by atoms with Crippen molar-refractivity contribution in [3.63, 3.8) is 0 Å². The van der Waals surface area contributed by atoms with E-state index in [1.807, 2.05) is 49.4 Å². The second kappa shape index (κ2) is 20.6. The summed E-state index contributed by atoms with van der Waals surface area (Å²) in [6, 6.07) is 10.3. The lowest BCUT2D eigenvalue weighted by molar-refractivity contribution is 0.399. The van der Waals surface area contributed by atoms with E-state index in [2.05, 4.69) is 25.0 Å². The van der Waals surface area contributed by atoms with Crippen LogP contribution in [0.15, 0.2) is 54.6 Å². The van der Waals surface area contributed by atoms with Crippen molar-refractivity contribution in [3.05, 3.63) is 60.2 Å². The standard InChI is InChI=1S/C8H10.C7H8.CH4O.CH4/c1-3-5-7-8-6-4-2;1-7-5-3-2-4-6-7;1-2;/h1,4,6-8H,5H2,2H3;2-6H,1H3;2H,1H3;1H4/b6-4-,8-7-;;;. The highest BCUT2D eigenvalue weighted by atomic mass is 16.2. The summed E-state index contributed by atoms with van der Waals surface area (Å²) in [6.07, 6.45) is 13.5. The summed E-state index contributed by atoms with van der Waals surface area (Å²) >= 11 is 0. The zero-order chi connectivity index (χ0) is 13.4. The second-order valence-electron chi connectivity index (χ2n) is 3.02. The van der Waals surface area contributed by atoms with Gasteiger partial charge in [-0.05, 0) is 13.8 Å². The van der Waals surface area contributed by atoms with Gasteiger partial charge in [-0.1, -0.05) is 67.6 Å². The van der Waals surface area contributed by atoms with E-state index < -0.39 is 0 Å². The molecular formula is C17H26O. The Balaban J connectivity index is -0.000000210. The second-order valence-corrected chi connectivity index (χ2v) is 3.02. The number of aliphatic hydroxyl groups excluding tert-OH is 1. The lowest BCUT2D eigenvalue weighted by Gasteiger charge is -1.82. The summed E-state index contributed by atoms with van der Waals surface area (Å²) in [5, 5.41) is 7.00. The van der Waals surface area contributed by atoms with Gasteiger partial charge >= 0.3 is 0 Å². The van der Waals surface area contributed by atoms with Crippen molar-refractivity contribution in [3.8, 4) is 12.3 Å². The molecule has 1 N–H and O–H groups in total. The number of aliphatic hydroxyl groups is 1. The molecule has 1 heteroatoms. The molecule has 1 aromatic carbocycles. The molecule has 0 aliphatic heterocycles. The van der Waals surface area contributed by atoms with Crippen LogP contribution in [0, 0.1) is 19.3 Å². The number of benzene rings is 1. The molecule has 0 unspecified atom stereocenters.